The van der Waals surface area contributed by atoms with Gasteiger partial charge in [0.2, 0.25) is 5.72 Å². The zero-order chi connectivity index (χ0) is 28.6. The Labute approximate surface area is 235 Å². The summed E-state index contributed by atoms with van der Waals surface area (Å²) in [5.74, 6) is -1.41. The van der Waals surface area contributed by atoms with E-state index >= 15 is 0 Å². The van der Waals surface area contributed by atoms with Crippen molar-refractivity contribution in [2.24, 2.45) is 0 Å². The van der Waals surface area contributed by atoms with Gasteiger partial charge in [-0.3, -0.25) is 4.79 Å². The second-order valence-corrected chi connectivity index (χ2v) is 8.92. The Balaban J connectivity index is 2.36. The van der Waals surface area contributed by atoms with Gasteiger partial charge in [0.15, 0.2) is 0 Å². The van der Waals surface area contributed by atoms with Gasteiger partial charge in [-0.1, -0.05) is 86.7 Å². The third-order valence-corrected chi connectivity index (χ3v) is 5.84. The number of nitrogens with one attached hydrogen (secondary N) is 1. The molecule has 6 nitrogen and oxygen atoms in total. The highest BCUT2D eigenvalue weighted by atomic mass is 16.6. The van der Waals surface area contributed by atoms with Crippen molar-refractivity contribution in [3.63, 3.8) is 0 Å². The quantitative estimate of drug-likeness (QED) is 0.0769. The van der Waals surface area contributed by atoms with Crippen molar-refractivity contribution in [1.29, 1.82) is 0 Å². The largest absolute Gasteiger partial charge is 0.507 e. The number of para-hydroxylation sites is 1. The van der Waals surface area contributed by atoms with Crippen LogP contribution < -0.4 is 5.32 Å². The smallest absolute Gasteiger partial charge is 0.359 e. The second-order valence-electron chi connectivity index (χ2n) is 8.92. The lowest BCUT2D eigenvalue weighted by Gasteiger charge is -2.31. The molecule has 0 heterocycles. The van der Waals surface area contributed by atoms with Crippen molar-refractivity contribution in [1.82, 2.24) is 5.32 Å². The summed E-state index contributed by atoms with van der Waals surface area (Å²) in [5.41, 5.74) is -1.53. The van der Waals surface area contributed by atoms with Gasteiger partial charge >= 0.3 is 5.97 Å². The third kappa shape index (κ3) is 14.4. The van der Waals surface area contributed by atoms with Gasteiger partial charge < -0.3 is 19.9 Å². The number of aromatic hydroxyl groups is 1. The van der Waals surface area contributed by atoms with Crippen LogP contribution in [0.3, 0.4) is 0 Å². The van der Waals surface area contributed by atoms with Gasteiger partial charge in [-0.05, 0) is 70.4 Å². The predicted molar refractivity (Wildman–Crippen MR) is 159 cm³/mol. The molecule has 0 bridgehead atoms. The Bertz CT molecular complexity index is 976. The van der Waals surface area contributed by atoms with Crippen molar-refractivity contribution in [2.75, 3.05) is 13.2 Å². The Morgan fingerprint density at radius 1 is 0.821 bits per heavy atom. The maximum absolute atomic E-state index is 12.8. The molecule has 0 saturated heterocycles. The minimum absolute atomic E-state index is 0.0709. The summed E-state index contributed by atoms with van der Waals surface area (Å²) < 4.78 is 11.1. The average Bonchev–Trinajstić information content (AvgIpc) is 2.93. The lowest BCUT2D eigenvalue weighted by atomic mass is 10.1. The molecule has 1 unspecified atom stereocenters. The number of hydrogen-bond donors (Lipinski definition) is 2. The van der Waals surface area contributed by atoms with Gasteiger partial charge in [-0.2, -0.15) is 0 Å². The fourth-order valence-corrected chi connectivity index (χ4v) is 3.62. The number of carbonyl (C=O) groups is 2. The van der Waals surface area contributed by atoms with E-state index in [1.165, 1.54) is 12.1 Å². The zero-order valence-electron chi connectivity index (χ0n) is 23.9. The van der Waals surface area contributed by atoms with E-state index in [2.05, 4.69) is 73.0 Å². The van der Waals surface area contributed by atoms with Crippen LogP contribution in [0.4, 0.5) is 0 Å². The first kappa shape index (κ1) is 33.6. The van der Waals surface area contributed by atoms with Gasteiger partial charge in [-0.25, -0.2) is 4.79 Å². The summed E-state index contributed by atoms with van der Waals surface area (Å²) in [7, 11) is 0. The maximum atomic E-state index is 12.8. The van der Waals surface area contributed by atoms with E-state index in [0.29, 0.717) is 6.61 Å². The molecule has 1 aromatic carbocycles. The van der Waals surface area contributed by atoms with Crippen LogP contribution in [0.2, 0.25) is 0 Å². The molecule has 0 spiro atoms. The molecule has 1 atom stereocenters. The van der Waals surface area contributed by atoms with Crippen molar-refractivity contribution >= 4 is 11.9 Å². The third-order valence-electron chi connectivity index (χ3n) is 5.84. The average molecular weight is 538 g/mol. The summed E-state index contributed by atoms with van der Waals surface area (Å²) in [6.07, 6.45) is 29.4. The summed E-state index contributed by atoms with van der Waals surface area (Å²) >= 11 is 0. The number of phenols is 1. The number of phenolic OH excluding ortho intramolecular Hbond substituents is 1. The normalized spacial score (nSPS) is 13.7. The number of rotatable bonds is 20. The highest BCUT2D eigenvalue weighted by Crippen LogP contribution is 2.21. The highest BCUT2D eigenvalue weighted by molar-refractivity contribution is 5.99. The number of esters is 1. The first-order chi connectivity index (χ1) is 19.0. The van der Waals surface area contributed by atoms with Crippen LogP contribution >= 0.6 is 0 Å². The first-order valence-corrected chi connectivity index (χ1v) is 14.2. The number of carbonyl (C=O) groups excluding carboxylic acids is 2. The van der Waals surface area contributed by atoms with Crippen LogP contribution in [0.5, 0.6) is 5.75 Å². The van der Waals surface area contributed by atoms with E-state index in [9.17, 15) is 14.7 Å². The van der Waals surface area contributed by atoms with Crippen LogP contribution in [0.15, 0.2) is 85.0 Å². The fraction of sp³-hybridized carbons (Fsp3) is 0.455. The van der Waals surface area contributed by atoms with Crippen molar-refractivity contribution in [2.45, 2.75) is 84.3 Å². The number of unbranched alkanes of at least 4 members (excludes halogenated alkanes) is 2. The van der Waals surface area contributed by atoms with Crippen LogP contribution in [0.25, 0.3) is 0 Å². The molecular formula is C33H47NO5. The van der Waals surface area contributed by atoms with E-state index in [1.807, 2.05) is 0 Å². The summed E-state index contributed by atoms with van der Waals surface area (Å²) in [6, 6.07) is 6.17. The molecule has 1 rings (SSSR count). The maximum Gasteiger partial charge on any atom is 0.359 e. The summed E-state index contributed by atoms with van der Waals surface area (Å²) in [6.45, 7) is 6.05. The van der Waals surface area contributed by atoms with Gasteiger partial charge in [0.1, 0.15) is 5.75 Å². The van der Waals surface area contributed by atoms with Crippen molar-refractivity contribution in [3.8, 4) is 5.75 Å². The standard InChI is InChI=1S/C33H47NO5/c1-4-7-8-9-10-11-12-13-14-15-16-17-18-19-20-21-22-25-28-39-33(5-2,32(37)38-6-3)34-31(36)29-26-23-24-27-30(29)35/h7-8,10-11,13-14,16-17,19-20,23-24,26-27,35H,4-6,9,12,15,18,21-22,25,28H2,1-3H3,(H,34,36)/b8-7-,11-10-,14-13-,17-16-,20-19-. The Morgan fingerprint density at radius 3 is 1.92 bits per heavy atom. The van der Waals surface area contributed by atoms with Crippen LogP contribution in [-0.2, 0) is 14.3 Å². The molecule has 0 aliphatic carbocycles. The molecule has 214 valence electrons. The Hall–Kier alpha value is -3.38. The topological polar surface area (TPSA) is 84.9 Å². The molecule has 1 aromatic rings. The second kappa shape index (κ2) is 21.5. The molecule has 0 aromatic heterocycles. The molecule has 0 fully saturated rings. The lowest BCUT2D eigenvalue weighted by molar-refractivity contribution is -0.176. The van der Waals surface area contributed by atoms with E-state index in [4.69, 9.17) is 9.47 Å². The van der Waals surface area contributed by atoms with E-state index in [-0.39, 0.29) is 24.3 Å². The lowest BCUT2D eigenvalue weighted by Crippen LogP contribution is -2.57. The molecule has 0 aliphatic heterocycles. The minimum atomic E-state index is -1.60. The van der Waals surface area contributed by atoms with E-state index in [0.717, 1.165) is 51.4 Å². The molecule has 1 amide bonds. The van der Waals surface area contributed by atoms with E-state index < -0.39 is 17.6 Å². The predicted octanol–water partition coefficient (Wildman–Crippen LogP) is 7.73. The van der Waals surface area contributed by atoms with Gasteiger partial charge in [0.25, 0.3) is 5.91 Å². The van der Waals surface area contributed by atoms with Crippen molar-refractivity contribution < 1.29 is 24.2 Å². The van der Waals surface area contributed by atoms with Crippen LogP contribution in [0.1, 0.15) is 88.9 Å². The minimum Gasteiger partial charge on any atom is -0.507 e. The molecule has 0 saturated carbocycles. The van der Waals surface area contributed by atoms with E-state index in [1.54, 1.807) is 26.0 Å². The van der Waals surface area contributed by atoms with Crippen LogP contribution in [-0.4, -0.2) is 35.9 Å². The number of benzene rings is 1. The summed E-state index contributed by atoms with van der Waals surface area (Å²) in [5, 5.41) is 12.7. The SMILES string of the molecule is CC/C=C\C/C=C\C/C=C\C/C=C\C/C=C\CCCCOC(CC)(NC(=O)c1ccccc1O)C(=O)OCC. The number of amides is 1. The van der Waals surface area contributed by atoms with Crippen molar-refractivity contribution in [3.05, 3.63) is 90.6 Å². The number of ether oxygens (including phenoxy) is 2. The monoisotopic (exact) mass is 537 g/mol. The number of hydrogen-bond acceptors (Lipinski definition) is 5. The van der Waals surface area contributed by atoms with Gasteiger partial charge in [0.05, 0.1) is 18.8 Å². The Kier molecular flexibility index (Phi) is 18.6. The molecule has 0 aliphatic rings. The zero-order valence-corrected chi connectivity index (χ0v) is 23.9. The fourth-order valence-electron chi connectivity index (χ4n) is 3.62. The highest BCUT2D eigenvalue weighted by Gasteiger charge is 2.41. The number of allylic oxidation sites excluding steroid dienone is 10. The molecule has 0 radical (unpaired) electrons. The molecule has 2 N–H and O–H groups in total. The molecular weight excluding hydrogens is 490 g/mol. The van der Waals surface area contributed by atoms with Gasteiger partial charge in [-0.15, -0.1) is 0 Å². The Morgan fingerprint density at radius 2 is 1.38 bits per heavy atom. The molecule has 39 heavy (non-hydrogen) atoms. The summed E-state index contributed by atoms with van der Waals surface area (Å²) in [4.78, 5) is 25.5. The first-order valence-electron chi connectivity index (χ1n) is 14.2. The van der Waals surface area contributed by atoms with Gasteiger partial charge in [0, 0.05) is 6.42 Å². The molecule has 6 heteroatoms. The van der Waals surface area contributed by atoms with Crippen LogP contribution in [0, 0.1) is 0 Å².